The molecule has 2 aromatic heterocycles. The van der Waals surface area contributed by atoms with Crippen molar-refractivity contribution in [2.24, 2.45) is 5.92 Å². The van der Waals surface area contributed by atoms with Gasteiger partial charge in [-0.2, -0.15) is 15.4 Å². The number of hydrogen-bond donors (Lipinski definition) is 4. The van der Waals surface area contributed by atoms with Crippen molar-refractivity contribution in [3.05, 3.63) is 71.3 Å². The molecule has 2 aliphatic rings. The number of nitrogens with one attached hydrogen (secondary N) is 4. The monoisotopic (exact) mass is 544 g/mol. The summed E-state index contributed by atoms with van der Waals surface area (Å²) in [5.41, 5.74) is 3.39. The maximum absolute atomic E-state index is 14.0. The van der Waals surface area contributed by atoms with Gasteiger partial charge in [0.1, 0.15) is 29.5 Å². The molecule has 4 N–H and O–H groups in total. The SMILES string of the molecule is CC[C@H](C)[C@H](NC(=O)c1ccccn1)C(=O)N[C@H]1CCc2cccc3c2N(C1=O)[C@H](C(=O)NCc1cn[nH]n1)C3. The van der Waals surface area contributed by atoms with Gasteiger partial charge in [-0.25, -0.2) is 0 Å². The average molecular weight is 545 g/mol. The Morgan fingerprint density at radius 1 is 1.15 bits per heavy atom. The number of pyridine rings is 1. The van der Waals surface area contributed by atoms with Crippen LogP contribution in [-0.2, 0) is 33.8 Å². The second kappa shape index (κ2) is 11.6. The minimum atomic E-state index is -0.867. The minimum Gasteiger partial charge on any atom is -0.348 e. The zero-order chi connectivity index (χ0) is 28.2. The number of amides is 4. The van der Waals surface area contributed by atoms with Crippen LogP contribution in [0.4, 0.5) is 5.69 Å². The summed E-state index contributed by atoms with van der Waals surface area (Å²) >= 11 is 0. The summed E-state index contributed by atoms with van der Waals surface area (Å²) in [6.07, 6.45) is 4.95. The number of H-pyrrole nitrogens is 1. The van der Waals surface area contributed by atoms with Crippen LogP contribution in [0.3, 0.4) is 0 Å². The van der Waals surface area contributed by atoms with E-state index in [-0.39, 0.29) is 30.0 Å². The summed E-state index contributed by atoms with van der Waals surface area (Å²) in [5.74, 6) is -1.77. The molecule has 0 saturated heterocycles. The summed E-state index contributed by atoms with van der Waals surface area (Å²) in [5, 5.41) is 18.8. The molecule has 0 unspecified atom stereocenters. The number of aromatic nitrogens is 4. The van der Waals surface area contributed by atoms with Gasteiger partial charge in [0.15, 0.2) is 0 Å². The van der Waals surface area contributed by atoms with Crippen molar-refractivity contribution in [1.82, 2.24) is 36.3 Å². The third kappa shape index (κ3) is 5.42. The Balaban J connectivity index is 1.35. The van der Waals surface area contributed by atoms with Crippen LogP contribution in [0.2, 0.25) is 0 Å². The second-order valence-corrected chi connectivity index (χ2v) is 10.2. The van der Waals surface area contributed by atoms with Crippen LogP contribution in [0.5, 0.6) is 0 Å². The van der Waals surface area contributed by atoms with Crippen LogP contribution in [0, 0.1) is 5.92 Å². The summed E-state index contributed by atoms with van der Waals surface area (Å²) in [6.45, 7) is 3.97. The number of para-hydroxylation sites is 1. The van der Waals surface area contributed by atoms with Crippen molar-refractivity contribution >= 4 is 29.3 Å². The fourth-order valence-electron chi connectivity index (χ4n) is 5.26. The van der Waals surface area contributed by atoms with Crippen molar-refractivity contribution in [3.8, 4) is 0 Å². The van der Waals surface area contributed by atoms with Gasteiger partial charge in [-0.15, -0.1) is 0 Å². The highest BCUT2D eigenvalue weighted by atomic mass is 16.2. The molecule has 4 atom stereocenters. The van der Waals surface area contributed by atoms with E-state index in [1.165, 1.54) is 17.3 Å². The number of hydrogen-bond acceptors (Lipinski definition) is 7. The third-order valence-corrected chi connectivity index (χ3v) is 7.61. The smallest absolute Gasteiger partial charge is 0.270 e. The summed E-state index contributed by atoms with van der Waals surface area (Å²) < 4.78 is 0. The van der Waals surface area contributed by atoms with Gasteiger partial charge in [-0.1, -0.05) is 44.5 Å². The first-order valence-corrected chi connectivity index (χ1v) is 13.5. The molecule has 4 heterocycles. The first kappa shape index (κ1) is 27.0. The number of nitrogens with zero attached hydrogens (tertiary/aromatic N) is 4. The first-order chi connectivity index (χ1) is 19.4. The Kier molecular flexibility index (Phi) is 7.85. The lowest BCUT2D eigenvalue weighted by Crippen LogP contribution is -2.58. The van der Waals surface area contributed by atoms with Crippen molar-refractivity contribution in [3.63, 3.8) is 0 Å². The molecule has 0 bridgehead atoms. The predicted octanol–water partition coefficient (Wildman–Crippen LogP) is 1.05. The van der Waals surface area contributed by atoms with E-state index in [2.05, 4.69) is 36.3 Å². The van der Waals surface area contributed by atoms with Crippen LogP contribution < -0.4 is 20.9 Å². The van der Waals surface area contributed by atoms with E-state index in [1.54, 1.807) is 18.2 Å². The van der Waals surface area contributed by atoms with E-state index in [0.717, 1.165) is 16.8 Å². The average Bonchev–Trinajstić information content (AvgIpc) is 3.61. The topological polar surface area (TPSA) is 162 Å². The van der Waals surface area contributed by atoms with Gasteiger partial charge in [-0.3, -0.25) is 29.1 Å². The Morgan fingerprint density at radius 2 is 1.98 bits per heavy atom. The lowest BCUT2D eigenvalue weighted by atomic mass is 9.97. The molecule has 0 saturated carbocycles. The summed E-state index contributed by atoms with van der Waals surface area (Å²) in [6, 6.07) is 8.29. The van der Waals surface area contributed by atoms with Crippen LogP contribution in [0.15, 0.2) is 48.8 Å². The number of anilines is 1. The molecular weight excluding hydrogens is 512 g/mol. The molecule has 2 aliphatic heterocycles. The van der Waals surface area contributed by atoms with Crippen LogP contribution >= 0.6 is 0 Å². The molecule has 5 rings (SSSR count). The number of carbonyl (C=O) groups is 4. The molecule has 0 radical (unpaired) electrons. The molecule has 1 aromatic carbocycles. The lowest BCUT2D eigenvalue weighted by molar-refractivity contribution is -0.130. The van der Waals surface area contributed by atoms with Crippen molar-refractivity contribution in [2.75, 3.05) is 4.90 Å². The van der Waals surface area contributed by atoms with Gasteiger partial charge >= 0.3 is 0 Å². The Morgan fingerprint density at radius 3 is 2.70 bits per heavy atom. The molecule has 4 amide bonds. The molecule has 3 aromatic rings. The van der Waals surface area contributed by atoms with Gasteiger partial charge in [0, 0.05) is 12.6 Å². The lowest BCUT2D eigenvalue weighted by Gasteiger charge is -2.29. The highest BCUT2D eigenvalue weighted by Crippen LogP contribution is 2.39. The van der Waals surface area contributed by atoms with E-state index in [4.69, 9.17) is 0 Å². The normalized spacial score (nSPS) is 19.2. The van der Waals surface area contributed by atoms with E-state index in [9.17, 15) is 19.2 Å². The largest absolute Gasteiger partial charge is 0.348 e. The fourth-order valence-corrected chi connectivity index (χ4v) is 5.26. The quantitative estimate of drug-likeness (QED) is 0.313. The number of aryl methyl sites for hydroxylation is 1. The van der Waals surface area contributed by atoms with Crippen LogP contribution in [0.1, 0.15) is 54.0 Å². The maximum Gasteiger partial charge on any atom is 0.270 e. The molecule has 12 heteroatoms. The fraction of sp³-hybridized carbons (Fsp3) is 0.393. The van der Waals surface area contributed by atoms with Crippen LogP contribution in [0.25, 0.3) is 0 Å². The van der Waals surface area contributed by atoms with E-state index in [0.29, 0.717) is 31.4 Å². The highest BCUT2D eigenvalue weighted by molar-refractivity contribution is 6.08. The van der Waals surface area contributed by atoms with Gasteiger partial charge in [-0.05, 0) is 42.0 Å². The molecule has 208 valence electrons. The minimum absolute atomic E-state index is 0.170. The van der Waals surface area contributed by atoms with Crippen molar-refractivity contribution < 1.29 is 19.2 Å². The molecule has 0 spiro atoms. The van der Waals surface area contributed by atoms with E-state index < -0.39 is 29.9 Å². The zero-order valence-corrected chi connectivity index (χ0v) is 22.4. The zero-order valence-electron chi connectivity index (χ0n) is 22.4. The summed E-state index contributed by atoms with van der Waals surface area (Å²) in [4.78, 5) is 59.2. The Hall–Kier alpha value is -4.61. The van der Waals surface area contributed by atoms with Gasteiger partial charge in [0.2, 0.25) is 17.7 Å². The third-order valence-electron chi connectivity index (χ3n) is 7.61. The van der Waals surface area contributed by atoms with E-state index >= 15 is 0 Å². The Bertz CT molecular complexity index is 1390. The standard InChI is InChI=1S/C28H32N8O4/c1-3-16(2)23(33-25(37)20-9-4-5-12-29-20)27(39)32-21-11-10-17-7-6-8-18-13-22(36(24(17)18)28(21)40)26(38)30-14-19-15-31-35-34-19/h4-9,12,15-16,21-23H,3,10-11,13-14H2,1-2H3,(H,30,38)(H,32,39)(H,33,37)(H,31,34,35)/t16-,21-,22-,23-/m0/s1. The molecule has 40 heavy (non-hydrogen) atoms. The van der Waals surface area contributed by atoms with Crippen molar-refractivity contribution in [2.45, 2.75) is 64.2 Å². The molecule has 0 fully saturated rings. The first-order valence-electron chi connectivity index (χ1n) is 13.5. The van der Waals surface area contributed by atoms with Gasteiger partial charge in [0.25, 0.3) is 5.91 Å². The molecular formula is C28H32N8O4. The van der Waals surface area contributed by atoms with Gasteiger partial charge in [0.05, 0.1) is 18.4 Å². The van der Waals surface area contributed by atoms with Crippen molar-refractivity contribution in [1.29, 1.82) is 0 Å². The van der Waals surface area contributed by atoms with Crippen LogP contribution in [-0.4, -0.2) is 62.1 Å². The number of carbonyl (C=O) groups excluding carboxylic acids is 4. The Labute approximate surface area is 231 Å². The number of benzene rings is 1. The molecule has 12 nitrogen and oxygen atoms in total. The molecule has 0 aliphatic carbocycles. The van der Waals surface area contributed by atoms with Gasteiger partial charge < -0.3 is 16.0 Å². The predicted molar refractivity (Wildman–Crippen MR) is 145 cm³/mol. The van der Waals surface area contributed by atoms with E-state index in [1.807, 2.05) is 32.0 Å². The number of aromatic amines is 1. The maximum atomic E-state index is 14.0. The highest BCUT2D eigenvalue weighted by Gasteiger charge is 2.44. The number of rotatable bonds is 9. The second-order valence-electron chi connectivity index (χ2n) is 10.2. The summed E-state index contributed by atoms with van der Waals surface area (Å²) in [7, 11) is 0.